The van der Waals surface area contributed by atoms with E-state index >= 15 is 0 Å². The van der Waals surface area contributed by atoms with Gasteiger partial charge in [-0.2, -0.15) is 0 Å². The number of nitrogens with zero attached hydrogens (tertiary/aromatic N) is 3. The van der Waals surface area contributed by atoms with Crippen molar-refractivity contribution >= 4 is 32.6 Å². The van der Waals surface area contributed by atoms with Gasteiger partial charge in [-0.25, -0.2) is 4.98 Å². The fourth-order valence-electron chi connectivity index (χ4n) is 3.25. The molecule has 0 unspecified atom stereocenters. The van der Waals surface area contributed by atoms with Crippen LogP contribution in [0.1, 0.15) is 41.3 Å². The van der Waals surface area contributed by atoms with Crippen molar-refractivity contribution in [3.05, 3.63) is 53.1 Å². The van der Waals surface area contributed by atoms with E-state index < -0.39 is 0 Å². The highest BCUT2D eigenvalue weighted by molar-refractivity contribution is 7.22. The second kappa shape index (κ2) is 10.0. The molecule has 0 saturated carbocycles. The molecule has 1 aromatic heterocycles. The molecule has 0 aliphatic carbocycles. The Labute approximate surface area is 183 Å². The number of amides is 1. The van der Waals surface area contributed by atoms with Gasteiger partial charge in [0.25, 0.3) is 5.91 Å². The van der Waals surface area contributed by atoms with Crippen LogP contribution in [-0.4, -0.2) is 49.6 Å². The lowest BCUT2D eigenvalue weighted by molar-refractivity contribution is 0.0985. The summed E-state index contributed by atoms with van der Waals surface area (Å²) in [6.07, 6.45) is 2.12. The maximum atomic E-state index is 13.4. The van der Waals surface area contributed by atoms with Crippen molar-refractivity contribution in [1.82, 2.24) is 9.88 Å². The summed E-state index contributed by atoms with van der Waals surface area (Å²) in [5.74, 6) is 0.760. The van der Waals surface area contributed by atoms with Gasteiger partial charge < -0.3 is 9.64 Å². The molecule has 0 spiro atoms. The van der Waals surface area contributed by atoms with Gasteiger partial charge in [-0.05, 0) is 75.8 Å². The quantitative estimate of drug-likeness (QED) is 0.436. The summed E-state index contributed by atoms with van der Waals surface area (Å²) in [4.78, 5) is 22.1. The van der Waals surface area contributed by atoms with Crippen LogP contribution in [0.25, 0.3) is 10.2 Å². The van der Waals surface area contributed by atoms with E-state index in [1.807, 2.05) is 38.4 Å². The number of ether oxygens (including phenoxy) is 1. The van der Waals surface area contributed by atoms with Crippen molar-refractivity contribution < 1.29 is 9.53 Å². The number of carbonyl (C=O) groups excluding carboxylic acids is 1. The number of fused-ring (bicyclic) bond motifs is 1. The van der Waals surface area contributed by atoms with Gasteiger partial charge in [0.15, 0.2) is 5.13 Å². The van der Waals surface area contributed by atoms with Crippen LogP contribution >= 0.6 is 11.3 Å². The Morgan fingerprint density at radius 3 is 2.50 bits per heavy atom. The Balaban J connectivity index is 1.88. The van der Waals surface area contributed by atoms with Crippen molar-refractivity contribution in [2.24, 2.45) is 0 Å². The van der Waals surface area contributed by atoms with Gasteiger partial charge in [0, 0.05) is 18.7 Å². The predicted molar refractivity (Wildman–Crippen MR) is 126 cm³/mol. The minimum absolute atomic E-state index is 0.0367. The standard InChI is InChI=1S/C24H31N3O2S/c1-6-7-14-29-20-10-8-19(9-11-20)23(28)27(13-12-26(4)5)24-25-21-16-17(2)15-18(3)22(21)30-24/h8-11,15-16H,6-7,12-14H2,1-5H3. The second-order valence-corrected chi connectivity index (χ2v) is 8.89. The number of carbonyl (C=O) groups is 1. The number of unbranched alkanes of at least 4 members (excludes halogenated alkanes) is 1. The van der Waals surface area contributed by atoms with Gasteiger partial charge in [-0.1, -0.05) is 30.7 Å². The average molecular weight is 426 g/mol. The van der Waals surface area contributed by atoms with E-state index in [2.05, 4.69) is 37.8 Å². The molecule has 0 bridgehead atoms. The zero-order chi connectivity index (χ0) is 21.7. The molecular weight excluding hydrogens is 394 g/mol. The number of aryl methyl sites for hydroxylation is 2. The molecule has 0 aliphatic rings. The first-order chi connectivity index (χ1) is 14.4. The SMILES string of the molecule is CCCCOc1ccc(C(=O)N(CCN(C)C)c2nc3cc(C)cc(C)c3s2)cc1. The second-order valence-electron chi connectivity index (χ2n) is 7.91. The topological polar surface area (TPSA) is 45.7 Å². The first-order valence-corrected chi connectivity index (χ1v) is 11.3. The molecule has 0 atom stereocenters. The maximum Gasteiger partial charge on any atom is 0.260 e. The van der Waals surface area contributed by atoms with Crippen LogP contribution in [0.5, 0.6) is 5.75 Å². The minimum Gasteiger partial charge on any atom is -0.494 e. The molecule has 1 heterocycles. The molecule has 160 valence electrons. The fraction of sp³-hybridized carbons (Fsp3) is 0.417. The fourth-order valence-corrected chi connectivity index (χ4v) is 4.29. The molecule has 1 amide bonds. The third-order valence-corrected chi connectivity index (χ3v) is 6.15. The normalized spacial score (nSPS) is 11.3. The van der Waals surface area contributed by atoms with E-state index in [0.717, 1.165) is 40.5 Å². The highest BCUT2D eigenvalue weighted by atomic mass is 32.1. The molecule has 0 fully saturated rings. The lowest BCUT2D eigenvalue weighted by Gasteiger charge is -2.22. The van der Waals surface area contributed by atoms with Crippen molar-refractivity contribution in [1.29, 1.82) is 0 Å². The summed E-state index contributed by atoms with van der Waals surface area (Å²) in [5.41, 5.74) is 3.97. The van der Waals surface area contributed by atoms with E-state index in [-0.39, 0.29) is 5.91 Å². The van der Waals surface area contributed by atoms with Crippen molar-refractivity contribution in [2.45, 2.75) is 33.6 Å². The first kappa shape index (κ1) is 22.2. The number of rotatable bonds is 9. The molecule has 0 radical (unpaired) electrons. The predicted octanol–water partition coefficient (Wildman–Crippen LogP) is 5.30. The molecule has 0 saturated heterocycles. The Morgan fingerprint density at radius 2 is 1.83 bits per heavy atom. The highest BCUT2D eigenvalue weighted by Gasteiger charge is 2.22. The van der Waals surface area contributed by atoms with Crippen LogP contribution < -0.4 is 9.64 Å². The summed E-state index contributed by atoms with van der Waals surface area (Å²) in [6, 6.07) is 11.7. The number of hydrogen-bond donors (Lipinski definition) is 0. The van der Waals surface area contributed by atoms with Crippen LogP contribution in [0.15, 0.2) is 36.4 Å². The van der Waals surface area contributed by atoms with Crippen LogP contribution in [0.3, 0.4) is 0 Å². The monoisotopic (exact) mass is 425 g/mol. The zero-order valence-electron chi connectivity index (χ0n) is 18.6. The van der Waals surface area contributed by atoms with Gasteiger partial charge in [0.1, 0.15) is 5.75 Å². The third kappa shape index (κ3) is 5.37. The van der Waals surface area contributed by atoms with E-state index in [4.69, 9.17) is 9.72 Å². The Bertz CT molecular complexity index is 996. The number of likely N-dealkylation sites (N-methyl/N-ethyl adjacent to an activating group) is 1. The number of benzene rings is 2. The lowest BCUT2D eigenvalue weighted by atomic mass is 10.1. The van der Waals surface area contributed by atoms with Crippen LogP contribution in [-0.2, 0) is 0 Å². The van der Waals surface area contributed by atoms with Gasteiger partial charge in [-0.15, -0.1) is 0 Å². The zero-order valence-corrected chi connectivity index (χ0v) is 19.4. The van der Waals surface area contributed by atoms with Gasteiger partial charge in [0.05, 0.1) is 16.8 Å². The summed E-state index contributed by atoms with van der Waals surface area (Å²) in [7, 11) is 4.02. The first-order valence-electron chi connectivity index (χ1n) is 10.5. The van der Waals surface area contributed by atoms with E-state index in [0.29, 0.717) is 18.7 Å². The molecule has 3 rings (SSSR count). The Hall–Kier alpha value is -2.44. The minimum atomic E-state index is -0.0367. The third-order valence-electron chi connectivity index (χ3n) is 4.92. The molecule has 6 heteroatoms. The number of thiazole rings is 1. The lowest BCUT2D eigenvalue weighted by Crippen LogP contribution is -2.36. The molecule has 0 N–H and O–H groups in total. The van der Waals surface area contributed by atoms with Crippen LogP contribution in [0.4, 0.5) is 5.13 Å². The van der Waals surface area contributed by atoms with Crippen molar-refractivity contribution in [3.8, 4) is 5.75 Å². The largest absolute Gasteiger partial charge is 0.494 e. The molecule has 0 aliphatic heterocycles. The molecule has 5 nitrogen and oxygen atoms in total. The van der Waals surface area contributed by atoms with E-state index in [1.54, 1.807) is 16.2 Å². The highest BCUT2D eigenvalue weighted by Crippen LogP contribution is 2.33. The Kier molecular flexibility index (Phi) is 7.45. The van der Waals surface area contributed by atoms with Crippen molar-refractivity contribution in [3.63, 3.8) is 0 Å². The molecule has 2 aromatic carbocycles. The summed E-state index contributed by atoms with van der Waals surface area (Å²) >= 11 is 1.58. The van der Waals surface area contributed by atoms with Gasteiger partial charge in [-0.3, -0.25) is 9.69 Å². The van der Waals surface area contributed by atoms with Crippen molar-refractivity contribution in [2.75, 3.05) is 38.7 Å². The van der Waals surface area contributed by atoms with E-state index in [9.17, 15) is 4.79 Å². The molecule has 30 heavy (non-hydrogen) atoms. The van der Waals surface area contributed by atoms with Gasteiger partial charge >= 0.3 is 0 Å². The van der Waals surface area contributed by atoms with E-state index in [1.165, 1.54) is 11.1 Å². The molecular formula is C24H31N3O2S. The smallest absolute Gasteiger partial charge is 0.260 e. The number of anilines is 1. The van der Waals surface area contributed by atoms with Crippen LogP contribution in [0.2, 0.25) is 0 Å². The summed E-state index contributed by atoms with van der Waals surface area (Å²) in [5, 5.41) is 0.744. The number of hydrogen-bond acceptors (Lipinski definition) is 5. The number of aromatic nitrogens is 1. The summed E-state index contributed by atoms with van der Waals surface area (Å²) in [6.45, 7) is 8.35. The maximum absolute atomic E-state index is 13.4. The average Bonchev–Trinajstić information content (AvgIpc) is 3.12. The molecule has 3 aromatic rings. The van der Waals surface area contributed by atoms with Crippen LogP contribution in [0, 0.1) is 13.8 Å². The van der Waals surface area contributed by atoms with Gasteiger partial charge in [0.2, 0.25) is 0 Å². The Morgan fingerprint density at radius 1 is 1.10 bits per heavy atom. The summed E-state index contributed by atoms with van der Waals surface area (Å²) < 4.78 is 6.86.